The molecule has 0 saturated carbocycles. The third kappa shape index (κ3) is 4.45. The lowest BCUT2D eigenvalue weighted by molar-refractivity contribution is 0.0751. The lowest BCUT2D eigenvalue weighted by Gasteiger charge is -2.36. The van der Waals surface area contributed by atoms with Gasteiger partial charge in [0.2, 0.25) is 0 Å². The number of carbonyl (C=O) groups excluding carboxylic acids is 2. The van der Waals surface area contributed by atoms with Crippen LogP contribution in [0, 0.1) is 0 Å². The Hall–Kier alpha value is -3.35. The smallest absolute Gasteiger partial charge is 0.264 e. The van der Waals surface area contributed by atoms with Crippen LogP contribution in [0.4, 0.5) is 11.4 Å². The van der Waals surface area contributed by atoms with E-state index in [9.17, 15) is 9.59 Å². The van der Waals surface area contributed by atoms with Crippen LogP contribution < -0.4 is 10.2 Å². The Morgan fingerprint density at radius 2 is 1.55 bits per heavy atom. The highest BCUT2D eigenvalue weighted by Crippen LogP contribution is 2.27. The number of carbonyl (C=O) groups is 2. The first kappa shape index (κ1) is 21.5. The zero-order chi connectivity index (χ0) is 22.8. The lowest BCUT2D eigenvalue weighted by atomic mass is 10.0. The topological polar surface area (TPSA) is 52.7 Å². The maximum atomic E-state index is 12.9. The number of anilines is 2. The van der Waals surface area contributed by atoms with E-state index in [1.54, 1.807) is 12.1 Å². The molecule has 1 aliphatic heterocycles. The Bertz CT molecular complexity index is 1300. The Morgan fingerprint density at radius 1 is 0.818 bits per heavy atom. The highest BCUT2D eigenvalue weighted by atomic mass is 35.5. The molecule has 3 aromatic carbocycles. The fourth-order valence-corrected chi connectivity index (χ4v) is 5.06. The summed E-state index contributed by atoms with van der Waals surface area (Å²) in [6.45, 7) is 2.94. The van der Waals surface area contributed by atoms with Gasteiger partial charge in [-0.3, -0.25) is 9.59 Å². The number of benzene rings is 3. The van der Waals surface area contributed by atoms with Crippen LogP contribution in [0.25, 0.3) is 10.8 Å². The molecule has 7 heteroatoms. The van der Waals surface area contributed by atoms with Crippen LogP contribution in [0.5, 0.6) is 0 Å². The molecule has 166 valence electrons. The fourth-order valence-electron chi connectivity index (χ4n) is 4.14. The predicted molar refractivity (Wildman–Crippen MR) is 136 cm³/mol. The van der Waals surface area contributed by atoms with Crippen molar-refractivity contribution < 1.29 is 9.59 Å². The molecule has 1 aromatic heterocycles. The molecular formula is C26H22ClN3O2S. The summed E-state index contributed by atoms with van der Waals surface area (Å²) in [5.41, 5.74) is 2.40. The molecule has 2 heterocycles. The SMILES string of the molecule is O=C(Nc1ccc(N2CCN(C(=O)c3cccs3)CC2)cc1)c1ccc(Cl)c2ccccc12. The standard InChI is InChI=1S/C26H22ClN3O2S/c27-23-12-11-22(20-4-1-2-5-21(20)23)25(31)28-18-7-9-19(10-8-18)29-13-15-30(16-14-29)26(32)24-6-3-17-33-24/h1-12,17H,13-16H2,(H,28,31). The molecule has 4 aromatic rings. The normalized spacial score (nSPS) is 13.8. The van der Waals surface area contributed by atoms with Gasteiger partial charge in [0.1, 0.15) is 0 Å². The van der Waals surface area contributed by atoms with E-state index in [-0.39, 0.29) is 11.8 Å². The molecule has 1 aliphatic rings. The number of halogens is 1. The number of piperazine rings is 1. The van der Waals surface area contributed by atoms with E-state index in [0.29, 0.717) is 23.7 Å². The average Bonchev–Trinajstić information content (AvgIpc) is 3.40. The highest BCUT2D eigenvalue weighted by Gasteiger charge is 2.23. The molecule has 1 saturated heterocycles. The minimum Gasteiger partial charge on any atom is -0.368 e. The van der Waals surface area contributed by atoms with Crippen LogP contribution in [-0.4, -0.2) is 42.9 Å². The number of thiophene rings is 1. The van der Waals surface area contributed by atoms with Crippen molar-refractivity contribution in [3.63, 3.8) is 0 Å². The largest absolute Gasteiger partial charge is 0.368 e. The van der Waals surface area contributed by atoms with Crippen molar-refractivity contribution in [3.8, 4) is 0 Å². The monoisotopic (exact) mass is 475 g/mol. The molecule has 0 bridgehead atoms. The molecule has 0 aliphatic carbocycles. The summed E-state index contributed by atoms with van der Waals surface area (Å²) in [7, 11) is 0. The predicted octanol–water partition coefficient (Wildman–Crippen LogP) is 5.77. The Labute approximate surface area is 201 Å². The van der Waals surface area contributed by atoms with Crippen molar-refractivity contribution in [1.29, 1.82) is 0 Å². The summed E-state index contributed by atoms with van der Waals surface area (Å²) in [5, 5.41) is 7.23. The van der Waals surface area contributed by atoms with E-state index in [2.05, 4.69) is 10.2 Å². The van der Waals surface area contributed by atoms with E-state index in [1.807, 2.05) is 70.9 Å². The number of hydrogen-bond donors (Lipinski definition) is 1. The second-order valence-corrected chi connectivity index (χ2v) is 9.25. The number of fused-ring (bicyclic) bond motifs is 1. The molecule has 0 spiro atoms. The molecule has 5 rings (SSSR count). The Balaban J connectivity index is 1.23. The first-order valence-corrected chi connectivity index (χ1v) is 12.0. The van der Waals surface area contributed by atoms with Crippen LogP contribution in [-0.2, 0) is 0 Å². The second kappa shape index (κ2) is 9.25. The van der Waals surface area contributed by atoms with Crippen molar-refractivity contribution in [2.75, 3.05) is 36.4 Å². The van der Waals surface area contributed by atoms with E-state index in [0.717, 1.165) is 40.1 Å². The molecule has 33 heavy (non-hydrogen) atoms. The minimum atomic E-state index is -0.170. The molecule has 1 N–H and O–H groups in total. The maximum Gasteiger partial charge on any atom is 0.264 e. The zero-order valence-corrected chi connectivity index (χ0v) is 19.4. The summed E-state index contributed by atoms with van der Waals surface area (Å²) in [5.74, 6) is -0.0613. The van der Waals surface area contributed by atoms with Gasteiger partial charge in [0.25, 0.3) is 11.8 Å². The third-order valence-corrected chi connectivity index (χ3v) is 7.09. The maximum absolute atomic E-state index is 12.9. The van der Waals surface area contributed by atoms with Gasteiger partial charge in [-0.05, 0) is 53.2 Å². The summed E-state index contributed by atoms with van der Waals surface area (Å²) in [6, 6.07) is 22.8. The third-order valence-electron chi connectivity index (χ3n) is 5.90. The molecule has 1 fully saturated rings. The number of rotatable bonds is 4. The van der Waals surface area contributed by atoms with Crippen LogP contribution in [0.3, 0.4) is 0 Å². The van der Waals surface area contributed by atoms with Crippen molar-refractivity contribution in [3.05, 3.63) is 93.6 Å². The zero-order valence-electron chi connectivity index (χ0n) is 17.8. The number of nitrogens with one attached hydrogen (secondary N) is 1. The van der Waals surface area contributed by atoms with Gasteiger partial charge in [-0.1, -0.05) is 41.9 Å². The molecule has 5 nitrogen and oxygen atoms in total. The Kier molecular flexibility index (Phi) is 6.03. The number of amides is 2. The van der Waals surface area contributed by atoms with Gasteiger partial charge in [-0.15, -0.1) is 11.3 Å². The molecular weight excluding hydrogens is 454 g/mol. The lowest BCUT2D eigenvalue weighted by Crippen LogP contribution is -2.48. The molecule has 2 amide bonds. The van der Waals surface area contributed by atoms with Gasteiger partial charge in [0.15, 0.2) is 0 Å². The van der Waals surface area contributed by atoms with Crippen LogP contribution >= 0.6 is 22.9 Å². The van der Waals surface area contributed by atoms with E-state index in [4.69, 9.17) is 11.6 Å². The van der Waals surface area contributed by atoms with Crippen molar-refractivity contribution in [2.24, 2.45) is 0 Å². The quantitative estimate of drug-likeness (QED) is 0.407. The number of nitrogens with zero attached hydrogens (tertiary/aromatic N) is 2. The molecule has 0 unspecified atom stereocenters. The van der Waals surface area contributed by atoms with Gasteiger partial charge < -0.3 is 15.1 Å². The fraction of sp³-hybridized carbons (Fsp3) is 0.154. The van der Waals surface area contributed by atoms with Crippen molar-refractivity contribution in [2.45, 2.75) is 0 Å². The van der Waals surface area contributed by atoms with Gasteiger partial charge in [-0.2, -0.15) is 0 Å². The summed E-state index contributed by atoms with van der Waals surface area (Å²) >= 11 is 7.76. The van der Waals surface area contributed by atoms with Crippen LogP contribution in [0.1, 0.15) is 20.0 Å². The van der Waals surface area contributed by atoms with Gasteiger partial charge in [-0.25, -0.2) is 0 Å². The molecule has 0 radical (unpaired) electrons. The van der Waals surface area contributed by atoms with E-state index < -0.39 is 0 Å². The highest BCUT2D eigenvalue weighted by molar-refractivity contribution is 7.12. The van der Waals surface area contributed by atoms with Gasteiger partial charge >= 0.3 is 0 Å². The van der Waals surface area contributed by atoms with E-state index in [1.165, 1.54) is 11.3 Å². The summed E-state index contributed by atoms with van der Waals surface area (Å²) in [6.07, 6.45) is 0. The van der Waals surface area contributed by atoms with Gasteiger partial charge in [0, 0.05) is 53.5 Å². The summed E-state index contributed by atoms with van der Waals surface area (Å²) in [4.78, 5) is 30.4. The van der Waals surface area contributed by atoms with Crippen molar-refractivity contribution in [1.82, 2.24) is 4.90 Å². The van der Waals surface area contributed by atoms with Crippen molar-refractivity contribution >= 4 is 56.9 Å². The van der Waals surface area contributed by atoms with E-state index >= 15 is 0 Å². The van der Waals surface area contributed by atoms with Crippen LogP contribution in [0.2, 0.25) is 5.02 Å². The van der Waals surface area contributed by atoms with Crippen LogP contribution in [0.15, 0.2) is 78.2 Å². The summed E-state index contributed by atoms with van der Waals surface area (Å²) < 4.78 is 0. The Morgan fingerprint density at radius 3 is 2.24 bits per heavy atom. The van der Waals surface area contributed by atoms with Gasteiger partial charge in [0.05, 0.1) is 4.88 Å². The second-order valence-electron chi connectivity index (χ2n) is 7.90. The molecule has 0 atom stereocenters. The first-order chi connectivity index (χ1) is 16.1. The number of hydrogen-bond acceptors (Lipinski definition) is 4. The first-order valence-electron chi connectivity index (χ1n) is 10.8. The minimum absolute atomic E-state index is 0.109. The average molecular weight is 476 g/mol.